The van der Waals surface area contributed by atoms with Crippen LogP contribution in [0.1, 0.15) is 48.1 Å². The number of pyridine rings is 1. The zero-order valence-corrected chi connectivity index (χ0v) is 11.5. The van der Waals surface area contributed by atoms with Crippen molar-refractivity contribution in [2.24, 2.45) is 0 Å². The maximum absolute atomic E-state index is 12.2. The van der Waals surface area contributed by atoms with E-state index in [0.717, 1.165) is 24.8 Å². The van der Waals surface area contributed by atoms with Crippen LogP contribution >= 0.6 is 0 Å². The fourth-order valence-electron chi connectivity index (χ4n) is 1.98. The summed E-state index contributed by atoms with van der Waals surface area (Å²) < 4.78 is 0. The van der Waals surface area contributed by atoms with Crippen LogP contribution in [0.2, 0.25) is 0 Å². The number of carbonyl (C=O) groups is 1. The number of nitrogens with zero attached hydrogens (tertiary/aromatic N) is 3. The van der Waals surface area contributed by atoms with E-state index in [-0.39, 0.29) is 11.9 Å². The highest BCUT2D eigenvalue weighted by atomic mass is 16.1. The molecule has 2 aromatic rings. The first-order chi connectivity index (χ1) is 9.81. The predicted molar refractivity (Wildman–Crippen MR) is 76.0 cm³/mol. The molecule has 2 aromatic heterocycles. The molecule has 20 heavy (non-hydrogen) atoms. The minimum absolute atomic E-state index is 0.0238. The Bertz CT molecular complexity index is 530. The van der Waals surface area contributed by atoms with Crippen molar-refractivity contribution >= 4 is 5.91 Å². The van der Waals surface area contributed by atoms with Gasteiger partial charge in [-0.05, 0) is 24.1 Å². The Morgan fingerprint density at radius 2 is 2.15 bits per heavy atom. The molecule has 1 atom stereocenters. The summed E-state index contributed by atoms with van der Waals surface area (Å²) in [6.07, 6.45) is 9.54. The van der Waals surface area contributed by atoms with Gasteiger partial charge in [0, 0.05) is 12.4 Å². The molecule has 0 radical (unpaired) electrons. The second kappa shape index (κ2) is 7.33. The molecule has 1 amide bonds. The lowest BCUT2D eigenvalue weighted by Crippen LogP contribution is -2.28. The first-order valence-electron chi connectivity index (χ1n) is 6.78. The summed E-state index contributed by atoms with van der Waals surface area (Å²) in [5, 5.41) is 10.4. The highest BCUT2D eigenvalue weighted by molar-refractivity contribution is 5.93. The van der Waals surface area contributed by atoms with Crippen molar-refractivity contribution in [2.45, 2.75) is 32.2 Å². The number of unbranched alkanes of at least 4 members (excludes halogenated alkanes) is 1. The van der Waals surface area contributed by atoms with Crippen LogP contribution in [0.15, 0.2) is 43.0 Å². The number of amides is 1. The van der Waals surface area contributed by atoms with Crippen molar-refractivity contribution < 1.29 is 4.79 Å². The quantitative estimate of drug-likeness (QED) is 0.875. The molecule has 0 aromatic carbocycles. The average Bonchev–Trinajstić information content (AvgIpc) is 2.53. The molecule has 0 aliphatic rings. The molecule has 5 nitrogen and oxygen atoms in total. The molecule has 1 unspecified atom stereocenters. The summed E-state index contributed by atoms with van der Waals surface area (Å²) in [6.45, 7) is 2.13. The zero-order chi connectivity index (χ0) is 14.2. The standard InChI is InChI=1S/C15H18N4O/c1-2-3-6-14(12-5-4-8-16-10-12)19-15(20)13-7-9-17-18-11-13/h4-5,7-11,14H,2-3,6H2,1H3,(H,19,20). The minimum Gasteiger partial charge on any atom is -0.345 e. The fraction of sp³-hybridized carbons (Fsp3) is 0.333. The van der Waals surface area contributed by atoms with Crippen molar-refractivity contribution in [1.82, 2.24) is 20.5 Å². The Kier molecular flexibility index (Phi) is 5.17. The Morgan fingerprint density at radius 1 is 1.25 bits per heavy atom. The van der Waals surface area contributed by atoms with E-state index >= 15 is 0 Å². The lowest BCUT2D eigenvalue weighted by molar-refractivity contribution is 0.0933. The summed E-state index contributed by atoms with van der Waals surface area (Å²) in [5.41, 5.74) is 1.54. The summed E-state index contributed by atoms with van der Waals surface area (Å²) in [5.74, 6) is -0.134. The molecule has 1 N–H and O–H groups in total. The highest BCUT2D eigenvalue weighted by Crippen LogP contribution is 2.19. The van der Waals surface area contributed by atoms with E-state index in [2.05, 4.69) is 27.4 Å². The molecule has 0 spiro atoms. The van der Waals surface area contributed by atoms with E-state index in [1.165, 1.54) is 12.4 Å². The molecule has 2 heterocycles. The van der Waals surface area contributed by atoms with Gasteiger partial charge in [0.05, 0.1) is 24.0 Å². The number of nitrogens with one attached hydrogen (secondary N) is 1. The molecule has 0 fully saturated rings. The van der Waals surface area contributed by atoms with Gasteiger partial charge < -0.3 is 5.32 Å². The van der Waals surface area contributed by atoms with E-state index in [0.29, 0.717) is 5.56 Å². The molecule has 104 valence electrons. The van der Waals surface area contributed by atoms with Crippen LogP contribution in [0.5, 0.6) is 0 Å². The van der Waals surface area contributed by atoms with Gasteiger partial charge in [0.25, 0.3) is 5.91 Å². The fourth-order valence-corrected chi connectivity index (χ4v) is 1.98. The van der Waals surface area contributed by atoms with E-state index in [1.54, 1.807) is 18.5 Å². The number of carbonyl (C=O) groups excluding carboxylic acids is 1. The molecule has 0 aliphatic carbocycles. The molecular weight excluding hydrogens is 252 g/mol. The van der Waals surface area contributed by atoms with Crippen molar-refractivity contribution in [3.63, 3.8) is 0 Å². The largest absolute Gasteiger partial charge is 0.345 e. The van der Waals surface area contributed by atoms with Gasteiger partial charge in [0.15, 0.2) is 0 Å². The highest BCUT2D eigenvalue weighted by Gasteiger charge is 2.15. The van der Waals surface area contributed by atoms with E-state index in [1.807, 2.05) is 12.1 Å². The number of rotatable bonds is 6. The van der Waals surface area contributed by atoms with Gasteiger partial charge in [0.1, 0.15) is 0 Å². The van der Waals surface area contributed by atoms with Crippen LogP contribution in [-0.2, 0) is 0 Å². The monoisotopic (exact) mass is 270 g/mol. The number of hydrogen-bond donors (Lipinski definition) is 1. The van der Waals surface area contributed by atoms with Crippen molar-refractivity contribution in [2.75, 3.05) is 0 Å². The van der Waals surface area contributed by atoms with E-state index < -0.39 is 0 Å². The Hall–Kier alpha value is -2.30. The number of hydrogen-bond acceptors (Lipinski definition) is 4. The van der Waals surface area contributed by atoms with Crippen molar-refractivity contribution in [3.05, 3.63) is 54.1 Å². The first-order valence-corrected chi connectivity index (χ1v) is 6.78. The zero-order valence-electron chi connectivity index (χ0n) is 11.5. The molecule has 0 bridgehead atoms. The number of aromatic nitrogens is 3. The summed E-state index contributed by atoms with van der Waals surface area (Å²) >= 11 is 0. The topological polar surface area (TPSA) is 67.8 Å². The summed E-state index contributed by atoms with van der Waals surface area (Å²) in [7, 11) is 0. The molecule has 2 rings (SSSR count). The maximum atomic E-state index is 12.2. The van der Waals surface area contributed by atoms with Gasteiger partial charge in [-0.2, -0.15) is 10.2 Å². The van der Waals surface area contributed by atoms with Crippen LogP contribution in [0, 0.1) is 0 Å². The van der Waals surface area contributed by atoms with Gasteiger partial charge in [-0.3, -0.25) is 9.78 Å². The van der Waals surface area contributed by atoms with Gasteiger partial charge in [0.2, 0.25) is 0 Å². The molecule has 5 heteroatoms. The second-order valence-corrected chi connectivity index (χ2v) is 4.59. The van der Waals surface area contributed by atoms with Crippen molar-refractivity contribution in [3.8, 4) is 0 Å². The SMILES string of the molecule is CCCCC(NC(=O)c1ccnnc1)c1cccnc1. The molecule has 0 aliphatic heterocycles. The van der Waals surface area contributed by atoms with Crippen molar-refractivity contribution in [1.29, 1.82) is 0 Å². The van der Waals surface area contributed by atoms with Crippen LogP contribution in [-0.4, -0.2) is 21.1 Å². The third kappa shape index (κ3) is 3.85. The maximum Gasteiger partial charge on any atom is 0.253 e. The smallest absolute Gasteiger partial charge is 0.253 e. The molecular formula is C15H18N4O. The predicted octanol–water partition coefficient (Wildman–Crippen LogP) is 2.53. The summed E-state index contributed by atoms with van der Waals surface area (Å²) in [4.78, 5) is 16.3. The van der Waals surface area contributed by atoms with Crippen LogP contribution in [0.3, 0.4) is 0 Å². The third-order valence-corrected chi connectivity index (χ3v) is 3.08. The first kappa shape index (κ1) is 14.1. The van der Waals surface area contributed by atoms with Crippen LogP contribution in [0.25, 0.3) is 0 Å². The third-order valence-electron chi connectivity index (χ3n) is 3.08. The lowest BCUT2D eigenvalue weighted by atomic mass is 10.0. The second-order valence-electron chi connectivity index (χ2n) is 4.59. The normalized spacial score (nSPS) is 11.8. The molecule has 0 saturated carbocycles. The Balaban J connectivity index is 2.10. The Labute approximate surface area is 118 Å². The minimum atomic E-state index is -0.134. The van der Waals surface area contributed by atoms with Gasteiger partial charge in [-0.1, -0.05) is 25.8 Å². The average molecular weight is 270 g/mol. The van der Waals surface area contributed by atoms with Gasteiger partial charge >= 0.3 is 0 Å². The molecule has 0 saturated heterocycles. The summed E-state index contributed by atoms with van der Waals surface area (Å²) in [6, 6.07) is 5.50. The van der Waals surface area contributed by atoms with E-state index in [4.69, 9.17) is 0 Å². The van der Waals surface area contributed by atoms with Gasteiger partial charge in [-0.15, -0.1) is 0 Å². The van der Waals surface area contributed by atoms with Crippen LogP contribution < -0.4 is 5.32 Å². The van der Waals surface area contributed by atoms with Crippen LogP contribution in [0.4, 0.5) is 0 Å². The lowest BCUT2D eigenvalue weighted by Gasteiger charge is -2.18. The Morgan fingerprint density at radius 3 is 2.80 bits per heavy atom. The van der Waals surface area contributed by atoms with E-state index in [9.17, 15) is 4.79 Å². The van der Waals surface area contributed by atoms with Gasteiger partial charge in [-0.25, -0.2) is 0 Å².